The number of nitrogen functional groups attached to an aromatic ring is 1. The quantitative estimate of drug-likeness (QED) is 0.519. The largest absolute Gasteiger partial charge is 0.452 e. The first-order valence-electron chi connectivity index (χ1n) is 8.08. The molecule has 0 radical (unpaired) electrons. The van der Waals surface area contributed by atoms with E-state index in [1.54, 1.807) is 10.7 Å². The molecule has 0 saturated carbocycles. The minimum absolute atomic E-state index is 0.150. The second kappa shape index (κ2) is 7.92. The molecule has 1 amide bonds. The highest BCUT2D eigenvalue weighted by atomic mass is 35.5. The number of nitrogens with one attached hydrogen (secondary N) is 1. The molecule has 0 saturated heterocycles. The fraction of sp³-hybridized carbons (Fsp3) is 0.105. The number of aromatic nitrogens is 2. The number of rotatable bonds is 5. The molecule has 0 fully saturated rings. The van der Waals surface area contributed by atoms with Crippen LogP contribution < -0.4 is 11.1 Å². The summed E-state index contributed by atoms with van der Waals surface area (Å²) in [5, 5.41) is 7.46. The lowest BCUT2D eigenvalue weighted by Gasteiger charge is -2.10. The Hall–Kier alpha value is -3.32. The molecule has 3 rings (SSSR count). The molecule has 27 heavy (non-hydrogen) atoms. The smallest absolute Gasteiger partial charge is 0.340 e. The van der Waals surface area contributed by atoms with Gasteiger partial charge in [0.1, 0.15) is 5.82 Å². The van der Waals surface area contributed by atoms with Crippen molar-refractivity contribution in [3.8, 4) is 5.69 Å². The number of benzene rings is 2. The topological polar surface area (TPSA) is 99.2 Å². The van der Waals surface area contributed by atoms with Crippen LogP contribution in [0.1, 0.15) is 16.1 Å². The van der Waals surface area contributed by atoms with Crippen molar-refractivity contribution in [1.29, 1.82) is 0 Å². The Labute approximate surface area is 160 Å². The molecule has 3 aromatic rings. The van der Waals surface area contributed by atoms with Crippen molar-refractivity contribution in [2.45, 2.75) is 6.92 Å². The van der Waals surface area contributed by atoms with Crippen LogP contribution in [0.3, 0.4) is 0 Å². The number of esters is 1. The fourth-order valence-corrected chi connectivity index (χ4v) is 2.64. The molecule has 0 unspecified atom stereocenters. The van der Waals surface area contributed by atoms with Gasteiger partial charge in [0.25, 0.3) is 5.91 Å². The van der Waals surface area contributed by atoms with Crippen molar-refractivity contribution < 1.29 is 14.3 Å². The molecule has 7 nitrogen and oxygen atoms in total. The first-order valence-corrected chi connectivity index (χ1v) is 8.46. The molecule has 1 aromatic heterocycles. The average molecular weight is 385 g/mol. The van der Waals surface area contributed by atoms with Gasteiger partial charge in [-0.1, -0.05) is 29.8 Å². The number of carbonyl (C=O) groups is 2. The number of nitrogens with zero attached hydrogens (tertiary/aromatic N) is 2. The lowest BCUT2D eigenvalue weighted by atomic mass is 10.2. The number of anilines is 2. The molecule has 3 N–H and O–H groups in total. The monoisotopic (exact) mass is 384 g/mol. The van der Waals surface area contributed by atoms with Crippen LogP contribution in [0.2, 0.25) is 5.02 Å². The minimum Gasteiger partial charge on any atom is -0.452 e. The van der Waals surface area contributed by atoms with Crippen LogP contribution in [0.25, 0.3) is 5.69 Å². The van der Waals surface area contributed by atoms with E-state index in [9.17, 15) is 9.59 Å². The van der Waals surface area contributed by atoms with Crippen LogP contribution in [0, 0.1) is 6.92 Å². The zero-order chi connectivity index (χ0) is 19.4. The number of para-hydroxylation sites is 1. The van der Waals surface area contributed by atoms with E-state index in [2.05, 4.69) is 10.4 Å². The van der Waals surface area contributed by atoms with Crippen molar-refractivity contribution in [2.75, 3.05) is 17.7 Å². The third-order valence-corrected chi connectivity index (χ3v) is 3.90. The van der Waals surface area contributed by atoms with Crippen LogP contribution in [0.5, 0.6) is 0 Å². The zero-order valence-corrected chi connectivity index (χ0v) is 15.2. The number of hydrogen-bond donors (Lipinski definition) is 2. The predicted octanol–water partition coefficient (Wildman–Crippen LogP) is 3.21. The molecule has 0 aliphatic heterocycles. The van der Waals surface area contributed by atoms with Gasteiger partial charge in [-0.05, 0) is 37.3 Å². The number of halogens is 1. The third kappa shape index (κ3) is 4.45. The highest BCUT2D eigenvalue weighted by molar-refractivity contribution is 6.31. The standard InChI is InChI=1S/C19H17ClN4O3/c1-12-9-17(24(23-12)14-5-3-2-4-6-14)22-18(25)11-27-19(26)15-8-7-13(20)10-16(15)21/h2-10H,11,21H2,1H3,(H,22,25). The summed E-state index contributed by atoms with van der Waals surface area (Å²) in [5.41, 5.74) is 7.61. The predicted molar refractivity (Wildman–Crippen MR) is 103 cm³/mol. The Balaban J connectivity index is 1.66. The van der Waals surface area contributed by atoms with Crippen LogP contribution in [-0.4, -0.2) is 28.3 Å². The summed E-state index contributed by atoms with van der Waals surface area (Å²) in [7, 11) is 0. The van der Waals surface area contributed by atoms with Gasteiger partial charge in [0.05, 0.1) is 16.9 Å². The Bertz CT molecular complexity index is 986. The Morgan fingerprint density at radius 1 is 1.19 bits per heavy atom. The zero-order valence-electron chi connectivity index (χ0n) is 14.5. The normalized spacial score (nSPS) is 10.4. The molecule has 0 atom stereocenters. The van der Waals surface area contributed by atoms with Gasteiger partial charge in [0.2, 0.25) is 0 Å². The Morgan fingerprint density at radius 2 is 1.93 bits per heavy atom. The van der Waals surface area contributed by atoms with E-state index in [-0.39, 0.29) is 11.3 Å². The summed E-state index contributed by atoms with van der Waals surface area (Å²) in [5.74, 6) is -0.717. The average Bonchev–Trinajstić information content (AvgIpc) is 3.00. The highest BCUT2D eigenvalue weighted by Gasteiger charge is 2.15. The number of nitrogens with two attached hydrogens (primary N) is 1. The second-order valence-electron chi connectivity index (χ2n) is 5.77. The van der Waals surface area contributed by atoms with Crippen LogP contribution in [-0.2, 0) is 9.53 Å². The van der Waals surface area contributed by atoms with Crippen molar-refractivity contribution in [3.63, 3.8) is 0 Å². The Kier molecular flexibility index (Phi) is 5.42. The minimum atomic E-state index is -0.702. The van der Waals surface area contributed by atoms with Gasteiger partial charge >= 0.3 is 5.97 Å². The van der Waals surface area contributed by atoms with Gasteiger partial charge in [-0.2, -0.15) is 5.10 Å². The van der Waals surface area contributed by atoms with E-state index in [1.165, 1.54) is 18.2 Å². The van der Waals surface area contributed by atoms with Gasteiger partial charge in [0, 0.05) is 16.8 Å². The number of carbonyl (C=O) groups excluding carboxylic acids is 2. The number of aryl methyl sites for hydroxylation is 1. The molecular weight excluding hydrogens is 368 g/mol. The van der Waals surface area contributed by atoms with E-state index in [0.717, 1.165) is 11.4 Å². The van der Waals surface area contributed by atoms with Crippen molar-refractivity contribution in [2.24, 2.45) is 0 Å². The van der Waals surface area contributed by atoms with E-state index in [4.69, 9.17) is 22.1 Å². The van der Waals surface area contributed by atoms with Crippen molar-refractivity contribution in [1.82, 2.24) is 9.78 Å². The van der Waals surface area contributed by atoms with E-state index in [0.29, 0.717) is 10.8 Å². The molecule has 0 spiro atoms. The maximum absolute atomic E-state index is 12.2. The first-order chi connectivity index (χ1) is 12.9. The van der Waals surface area contributed by atoms with Crippen LogP contribution in [0.4, 0.5) is 11.5 Å². The summed E-state index contributed by atoms with van der Waals surface area (Å²) in [6.45, 7) is 1.36. The number of amides is 1. The Morgan fingerprint density at radius 3 is 2.63 bits per heavy atom. The maximum atomic E-state index is 12.2. The van der Waals surface area contributed by atoms with E-state index >= 15 is 0 Å². The van der Waals surface area contributed by atoms with Gasteiger partial charge < -0.3 is 15.8 Å². The van der Waals surface area contributed by atoms with Crippen molar-refractivity contribution >= 4 is 35.0 Å². The van der Waals surface area contributed by atoms with E-state index < -0.39 is 18.5 Å². The van der Waals surface area contributed by atoms with Crippen molar-refractivity contribution in [3.05, 3.63) is 70.9 Å². The molecule has 0 aliphatic carbocycles. The summed E-state index contributed by atoms with van der Waals surface area (Å²) in [6, 6.07) is 15.5. The fourth-order valence-electron chi connectivity index (χ4n) is 2.46. The first kappa shape index (κ1) is 18.5. The third-order valence-electron chi connectivity index (χ3n) is 3.67. The molecule has 8 heteroatoms. The lowest BCUT2D eigenvalue weighted by Crippen LogP contribution is -2.22. The molecule has 1 heterocycles. The molecular formula is C19H17ClN4O3. The van der Waals surface area contributed by atoms with Gasteiger partial charge in [0.15, 0.2) is 6.61 Å². The summed E-state index contributed by atoms with van der Waals surface area (Å²) >= 11 is 5.80. The second-order valence-corrected chi connectivity index (χ2v) is 6.21. The molecule has 0 bridgehead atoms. The van der Waals surface area contributed by atoms with Crippen LogP contribution in [0.15, 0.2) is 54.6 Å². The summed E-state index contributed by atoms with van der Waals surface area (Å²) < 4.78 is 6.63. The molecule has 0 aliphatic rings. The van der Waals surface area contributed by atoms with Crippen LogP contribution >= 0.6 is 11.6 Å². The van der Waals surface area contributed by atoms with Gasteiger partial charge in [-0.3, -0.25) is 4.79 Å². The number of ether oxygens (including phenoxy) is 1. The summed E-state index contributed by atoms with van der Waals surface area (Å²) in [4.78, 5) is 24.3. The lowest BCUT2D eigenvalue weighted by molar-refractivity contribution is -0.119. The maximum Gasteiger partial charge on any atom is 0.340 e. The number of hydrogen-bond acceptors (Lipinski definition) is 5. The summed E-state index contributed by atoms with van der Waals surface area (Å²) in [6.07, 6.45) is 0. The van der Waals surface area contributed by atoms with E-state index in [1.807, 2.05) is 37.3 Å². The highest BCUT2D eigenvalue weighted by Crippen LogP contribution is 2.19. The molecule has 138 valence electrons. The van der Waals surface area contributed by atoms with Gasteiger partial charge in [-0.15, -0.1) is 0 Å². The SMILES string of the molecule is Cc1cc(NC(=O)COC(=O)c2ccc(Cl)cc2N)n(-c2ccccc2)n1. The molecule has 2 aromatic carbocycles. The van der Waals surface area contributed by atoms with Gasteiger partial charge in [-0.25, -0.2) is 9.48 Å².